The topological polar surface area (TPSA) is 66.7 Å². The number of alkyl halides is 2. The molecule has 1 aromatic rings. The molecular weight excluding hydrogens is 442 g/mol. The zero-order valence-corrected chi connectivity index (χ0v) is 20.7. The Labute approximate surface area is 201 Å². The molecule has 1 aliphatic carbocycles. The summed E-state index contributed by atoms with van der Waals surface area (Å²) in [6.07, 6.45) is 8.35. The van der Waals surface area contributed by atoms with E-state index in [0.29, 0.717) is 44.1 Å². The summed E-state index contributed by atoms with van der Waals surface area (Å²) in [4.78, 5) is 19.1. The summed E-state index contributed by atoms with van der Waals surface area (Å²) in [6.45, 7) is 5.04. The molecule has 2 aliphatic heterocycles. The zero-order chi connectivity index (χ0) is 24.1. The molecule has 2 saturated heterocycles. The third kappa shape index (κ3) is 6.44. The van der Waals surface area contributed by atoms with Crippen molar-refractivity contribution in [2.45, 2.75) is 89.3 Å². The number of carbonyl (C=O) groups is 1. The van der Waals surface area contributed by atoms with Crippen molar-refractivity contribution < 1.29 is 18.3 Å². The maximum absolute atomic E-state index is 13.7. The highest BCUT2D eigenvalue weighted by Gasteiger charge is 2.31. The fourth-order valence-electron chi connectivity index (χ4n) is 5.33. The molecule has 0 aromatic carbocycles. The van der Waals surface area contributed by atoms with Crippen LogP contribution in [0, 0.1) is 0 Å². The van der Waals surface area contributed by atoms with Crippen LogP contribution in [0.25, 0.3) is 0 Å². The maximum Gasteiger partial charge on any atom is 0.247 e. The second kappa shape index (κ2) is 11.3. The van der Waals surface area contributed by atoms with Gasteiger partial charge in [0, 0.05) is 58.8 Å². The van der Waals surface area contributed by atoms with Gasteiger partial charge in [0.2, 0.25) is 17.8 Å². The molecule has 1 aromatic heterocycles. The molecule has 3 fully saturated rings. The molecule has 0 radical (unpaired) electrons. The summed E-state index contributed by atoms with van der Waals surface area (Å²) in [7, 11) is 1.94. The van der Waals surface area contributed by atoms with Gasteiger partial charge in [-0.1, -0.05) is 19.3 Å². The standard InChI is InChI=1S/C24H40F2N6O2/c1-24(25,26)11-12-32-22(20-10-6-7-17-34-20)27-28-23(32)31-15-13-30(14-16-31)18-21(33)29(2)19-8-4-3-5-9-19/h19-20H,3-18H2,1-2H3. The normalized spacial score (nSPS) is 23.3. The van der Waals surface area contributed by atoms with Gasteiger partial charge in [0.15, 0.2) is 5.82 Å². The minimum Gasteiger partial charge on any atom is -0.370 e. The number of anilines is 1. The van der Waals surface area contributed by atoms with Crippen LogP contribution in [-0.4, -0.2) is 88.8 Å². The first kappa shape index (κ1) is 25.3. The molecule has 3 aliphatic rings. The SMILES string of the molecule is CN(C(=O)CN1CCN(c2nnc(C3CCCCO3)n2CCC(C)(F)F)CC1)C1CCCCC1. The average Bonchev–Trinajstić information content (AvgIpc) is 3.27. The van der Waals surface area contributed by atoms with Crippen molar-refractivity contribution in [2.24, 2.45) is 0 Å². The van der Waals surface area contributed by atoms with Crippen LogP contribution < -0.4 is 4.90 Å². The van der Waals surface area contributed by atoms with Gasteiger partial charge in [-0.25, -0.2) is 8.78 Å². The van der Waals surface area contributed by atoms with Crippen LogP contribution in [-0.2, 0) is 16.1 Å². The Balaban J connectivity index is 1.37. The Bertz CT molecular complexity index is 794. The van der Waals surface area contributed by atoms with Gasteiger partial charge in [0.25, 0.3) is 0 Å². The smallest absolute Gasteiger partial charge is 0.247 e. The number of ether oxygens (including phenoxy) is 1. The number of piperazine rings is 1. The molecule has 8 nitrogen and oxygen atoms in total. The number of halogens is 2. The van der Waals surface area contributed by atoms with Gasteiger partial charge >= 0.3 is 0 Å². The Hall–Kier alpha value is -1.81. The van der Waals surface area contributed by atoms with Gasteiger partial charge < -0.3 is 14.5 Å². The number of carbonyl (C=O) groups excluding carboxylic acids is 1. The number of nitrogens with zero attached hydrogens (tertiary/aromatic N) is 6. The van der Waals surface area contributed by atoms with Crippen molar-refractivity contribution in [3.05, 3.63) is 5.82 Å². The fourth-order valence-corrected chi connectivity index (χ4v) is 5.33. The molecule has 1 saturated carbocycles. The summed E-state index contributed by atoms with van der Waals surface area (Å²) in [5.41, 5.74) is 0. The highest BCUT2D eigenvalue weighted by molar-refractivity contribution is 5.78. The van der Waals surface area contributed by atoms with E-state index in [0.717, 1.165) is 52.1 Å². The lowest BCUT2D eigenvalue weighted by molar-refractivity contribution is -0.133. The number of amides is 1. The van der Waals surface area contributed by atoms with Crippen molar-refractivity contribution >= 4 is 11.9 Å². The molecule has 0 bridgehead atoms. The molecule has 1 atom stereocenters. The van der Waals surface area contributed by atoms with E-state index in [9.17, 15) is 13.6 Å². The van der Waals surface area contributed by atoms with Crippen molar-refractivity contribution in [1.29, 1.82) is 0 Å². The number of aromatic nitrogens is 3. The van der Waals surface area contributed by atoms with Gasteiger partial charge in [-0.05, 0) is 39.0 Å². The van der Waals surface area contributed by atoms with E-state index in [2.05, 4.69) is 20.0 Å². The summed E-state index contributed by atoms with van der Waals surface area (Å²) >= 11 is 0. The molecule has 0 spiro atoms. The van der Waals surface area contributed by atoms with Gasteiger partial charge in [-0.15, -0.1) is 10.2 Å². The van der Waals surface area contributed by atoms with Crippen LogP contribution in [0.1, 0.15) is 76.6 Å². The zero-order valence-electron chi connectivity index (χ0n) is 20.7. The highest BCUT2D eigenvalue weighted by atomic mass is 19.3. The van der Waals surface area contributed by atoms with E-state index in [1.807, 2.05) is 16.5 Å². The minimum atomic E-state index is -2.75. The Morgan fingerprint density at radius 3 is 2.41 bits per heavy atom. The fraction of sp³-hybridized carbons (Fsp3) is 0.875. The largest absolute Gasteiger partial charge is 0.370 e. The van der Waals surface area contributed by atoms with Crippen molar-refractivity contribution in [3.63, 3.8) is 0 Å². The van der Waals surface area contributed by atoms with Crippen molar-refractivity contribution in [1.82, 2.24) is 24.6 Å². The summed E-state index contributed by atoms with van der Waals surface area (Å²) in [5, 5.41) is 8.80. The molecule has 192 valence electrons. The van der Waals surface area contributed by atoms with Crippen LogP contribution in [0.5, 0.6) is 0 Å². The average molecular weight is 483 g/mol. The molecule has 1 unspecified atom stereocenters. The monoisotopic (exact) mass is 482 g/mol. The van der Waals surface area contributed by atoms with Crippen LogP contribution in [0.15, 0.2) is 0 Å². The predicted molar refractivity (Wildman–Crippen MR) is 126 cm³/mol. The Morgan fingerprint density at radius 2 is 1.76 bits per heavy atom. The quantitative estimate of drug-likeness (QED) is 0.565. The molecular formula is C24H40F2N6O2. The predicted octanol–water partition coefficient (Wildman–Crippen LogP) is 3.48. The summed E-state index contributed by atoms with van der Waals surface area (Å²) in [5.74, 6) is -1.27. The Kier molecular flexibility index (Phi) is 8.39. The van der Waals surface area contributed by atoms with Gasteiger partial charge in [0.1, 0.15) is 6.10 Å². The van der Waals surface area contributed by atoms with Crippen molar-refractivity contribution in [2.75, 3.05) is 51.3 Å². The molecule has 4 rings (SSSR count). The van der Waals surface area contributed by atoms with Crippen molar-refractivity contribution in [3.8, 4) is 0 Å². The summed E-state index contributed by atoms with van der Waals surface area (Å²) in [6, 6.07) is 0.373. The van der Waals surface area contributed by atoms with E-state index in [1.54, 1.807) is 0 Å². The van der Waals surface area contributed by atoms with E-state index >= 15 is 0 Å². The Morgan fingerprint density at radius 1 is 1.06 bits per heavy atom. The van der Waals surface area contributed by atoms with Crippen LogP contribution >= 0.6 is 0 Å². The first-order valence-corrected chi connectivity index (χ1v) is 13.0. The highest BCUT2D eigenvalue weighted by Crippen LogP contribution is 2.31. The molecule has 10 heteroatoms. The van der Waals surface area contributed by atoms with Gasteiger partial charge in [0.05, 0.1) is 6.54 Å². The first-order valence-electron chi connectivity index (χ1n) is 13.0. The van der Waals surface area contributed by atoms with Crippen LogP contribution in [0.2, 0.25) is 0 Å². The number of hydrogen-bond donors (Lipinski definition) is 0. The number of rotatable bonds is 8. The van der Waals surface area contributed by atoms with Gasteiger partial charge in [-0.2, -0.15) is 0 Å². The van der Waals surface area contributed by atoms with Crippen LogP contribution in [0.4, 0.5) is 14.7 Å². The second-order valence-corrected chi connectivity index (χ2v) is 10.2. The van der Waals surface area contributed by atoms with E-state index < -0.39 is 5.92 Å². The van der Waals surface area contributed by atoms with E-state index in [-0.39, 0.29) is 25.0 Å². The number of likely N-dealkylation sites (N-methyl/N-ethyl adjacent to an activating group) is 1. The third-order valence-electron chi connectivity index (χ3n) is 7.53. The van der Waals surface area contributed by atoms with Gasteiger partial charge in [-0.3, -0.25) is 14.3 Å². The molecule has 3 heterocycles. The van der Waals surface area contributed by atoms with E-state index in [4.69, 9.17) is 4.74 Å². The molecule has 0 N–H and O–H groups in total. The summed E-state index contributed by atoms with van der Waals surface area (Å²) < 4.78 is 35.1. The second-order valence-electron chi connectivity index (χ2n) is 10.2. The van der Waals surface area contributed by atoms with E-state index in [1.165, 1.54) is 19.3 Å². The maximum atomic E-state index is 13.7. The lowest BCUT2D eigenvalue weighted by atomic mass is 9.94. The minimum absolute atomic E-state index is 0.159. The molecule has 34 heavy (non-hydrogen) atoms. The lowest BCUT2D eigenvalue weighted by Gasteiger charge is -2.37. The van der Waals surface area contributed by atoms with Crippen LogP contribution in [0.3, 0.4) is 0 Å². The third-order valence-corrected chi connectivity index (χ3v) is 7.53. The number of hydrogen-bond acceptors (Lipinski definition) is 6. The first-order chi connectivity index (χ1) is 16.3. The molecule has 1 amide bonds. The lowest BCUT2D eigenvalue weighted by Crippen LogP contribution is -2.51.